The zero-order chi connectivity index (χ0) is 10.5. The monoisotopic (exact) mass is 202 g/mol. The molecule has 0 aliphatic carbocycles. The van der Waals surface area contributed by atoms with Crippen LogP contribution in [0.4, 0.5) is 0 Å². The van der Waals surface area contributed by atoms with E-state index in [4.69, 9.17) is 4.74 Å². The van der Waals surface area contributed by atoms with Gasteiger partial charge in [-0.2, -0.15) is 0 Å². The predicted octanol–water partition coefficient (Wildman–Crippen LogP) is 2.59. The average molecular weight is 202 g/mol. The zero-order valence-corrected chi connectivity index (χ0v) is 8.68. The molecule has 0 atom stereocenters. The summed E-state index contributed by atoms with van der Waals surface area (Å²) in [5.41, 5.74) is 2.23. The van der Waals surface area contributed by atoms with Gasteiger partial charge >= 0.3 is 0 Å². The first-order valence-electron chi connectivity index (χ1n) is 4.85. The highest BCUT2D eigenvalue weighted by Crippen LogP contribution is 2.08. The summed E-state index contributed by atoms with van der Waals surface area (Å²) >= 11 is 0. The van der Waals surface area contributed by atoms with E-state index < -0.39 is 0 Å². The topological polar surface area (TPSA) is 29.9 Å². The minimum absolute atomic E-state index is 0.581. The van der Waals surface area contributed by atoms with E-state index in [0.717, 1.165) is 11.4 Å². The van der Waals surface area contributed by atoms with E-state index in [2.05, 4.69) is 17.1 Å². The van der Waals surface area contributed by atoms with Crippen LogP contribution in [0.5, 0.6) is 0 Å². The van der Waals surface area contributed by atoms with Gasteiger partial charge in [0.1, 0.15) is 6.73 Å². The van der Waals surface area contributed by atoms with Crippen molar-refractivity contribution < 1.29 is 4.74 Å². The van der Waals surface area contributed by atoms with Gasteiger partial charge in [-0.3, -0.25) is 0 Å². The standard InChI is InChI=1S/C12H14N2O/c1-15-10-14-9-3-5-12(14)7-6-11-4-2-8-13-11/h2-9,13H,10H2,1H3/b7-6+. The summed E-state index contributed by atoms with van der Waals surface area (Å²) in [6, 6.07) is 8.07. The highest BCUT2D eigenvalue weighted by molar-refractivity contribution is 5.66. The van der Waals surface area contributed by atoms with Crippen molar-refractivity contribution in [1.29, 1.82) is 0 Å². The first kappa shape index (κ1) is 9.80. The summed E-state index contributed by atoms with van der Waals surface area (Å²) < 4.78 is 7.13. The van der Waals surface area contributed by atoms with E-state index in [1.165, 1.54) is 0 Å². The molecule has 0 fully saturated rings. The molecule has 78 valence electrons. The average Bonchev–Trinajstić information content (AvgIpc) is 2.85. The van der Waals surface area contributed by atoms with Crippen LogP contribution in [0.25, 0.3) is 12.2 Å². The summed E-state index contributed by atoms with van der Waals surface area (Å²) in [6.45, 7) is 0.581. The smallest absolute Gasteiger partial charge is 0.122 e. The van der Waals surface area contributed by atoms with Gasteiger partial charge in [-0.1, -0.05) is 0 Å². The van der Waals surface area contributed by atoms with E-state index in [-0.39, 0.29) is 0 Å². The molecule has 0 spiro atoms. The van der Waals surface area contributed by atoms with Crippen molar-refractivity contribution in [1.82, 2.24) is 9.55 Å². The first-order chi connectivity index (χ1) is 7.40. The van der Waals surface area contributed by atoms with Crippen LogP contribution >= 0.6 is 0 Å². The fourth-order valence-electron chi connectivity index (χ4n) is 1.46. The number of methoxy groups -OCH3 is 1. The van der Waals surface area contributed by atoms with E-state index in [1.54, 1.807) is 7.11 Å². The fourth-order valence-corrected chi connectivity index (χ4v) is 1.46. The number of hydrogen-bond acceptors (Lipinski definition) is 1. The Labute approximate surface area is 89.0 Å². The van der Waals surface area contributed by atoms with Crippen LogP contribution in [0.1, 0.15) is 11.4 Å². The van der Waals surface area contributed by atoms with Gasteiger partial charge in [0, 0.05) is 30.9 Å². The lowest BCUT2D eigenvalue weighted by Crippen LogP contribution is -1.99. The Kier molecular flexibility index (Phi) is 3.05. The number of nitrogens with one attached hydrogen (secondary N) is 1. The van der Waals surface area contributed by atoms with Crippen molar-refractivity contribution in [2.75, 3.05) is 7.11 Å². The van der Waals surface area contributed by atoms with Crippen molar-refractivity contribution in [2.24, 2.45) is 0 Å². The van der Waals surface area contributed by atoms with Crippen LogP contribution in [-0.4, -0.2) is 16.7 Å². The molecule has 2 heterocycles. The maximum atomic E-state index is 5.09. The molecule has 0 aliphatic heterocycles. The van der Waals surface area contributed by atoms with E-state index >= 15 is 0 Å². The molecule has 2 aromatic rings. The third-order valence-corrected chi connectivity index (χ3v) is 2.19. The van der Waals surface area contributed by atoms with E-state index in [0.29, 0.717) is 6.73 Å². The fraction of sp³-hybridized carbons (Fsp3) is 0.167. The highest BCUT2D eigenvalue weighted by atomic mass is 16.5. The number of nitrogens with zero attached hydrogens (tertiary/aromatic N) is 1. The lowest BCUT2D eigenvalue weighted by Gasteiger charge is -2.03. The molecule has 0 aliphatic rings. The van der Waals surface area contributed by atoms with Crippen molar-refractivity contribution in [3.05, 3.63) is 48.0 Å². The molecule has 2 rings (SSSR count). The lowest BCUT2D eigenvalue weighted by molar-refractivity contribution is 0.131. The van der Waals surface area contributed by atoms with Crippen LogP contribution in [0.2, 0.25) is 0 Å². The molecule has 2 aromatic heterocycles. The van der Waals surface area contributed by atoms with Crippen molar-refractivity contribution in [3.63, 3.8) is 0 Å². The Balaban J connectivity index is 2.13. The quantitative estimate of drug-likeness (QED) is 0.811. The number of hydrogen-bond donors (Lipinski definition) is 1. The molecule has 0 amide bonds. The maximum Gasteiger partial charge on any atom is 0.122 e. The number of aromatic nitrogens is 2. The summed E-state index contributed by atoms with van der Waals surface area (Å²) in [5.74, 6) is 0. The van der Waals surface area contributed by atoms with Crippen molar-refractivity contribution in [3.8, 4) is 0 Å². The Bertz CT molecular complexity index is 426. The van der Waals surface area contributed by atoms with Crippen LogP contribution in [0.15, 0.2) is 36.7 Å². The first-order valence-corrected chi connectivity index (χ1v) is 4.85. The summed E-state index contributed by atoms with van der Waals surface area (Å²) in [5, 5.41) is 0. The van der Waals surface area contributed by atoms with Gasteiger partial charge in [0.05, 0.1) is 0 Å². The second-order valence-corrected chi connectivity index (χ2v) is 3.28. The minimum atomic E-state index is 0.581. The van der Waals surface area contributed by atoms with Gasteiger partial charge in [0.15, 0.2) is 0 Å². The summed E-state index contributed by atoms with van der Waals surface area (Å²) in [7, 11) is 1.69. The number of rotatable bonds is 4. The van der Waals surface area contributed by atoms with Gasteiger partial charge in [0.2, 0.25) is 0 Å². The Morgan fingerprint density at radius 1 is 1.33 bits per heavy atom. The van der Waals surface area contributed by atoms with E-state index in [1.807, 2.05) is 41.2 Å². The summed E-state index contributed by atoms with van der Waals surface area (Å²) in [6.07, 6.45) is 8.01. The molecule has 1 N–H and O–H groups in total. The second-order valence-electron chi connectivity index (χ2n) is 3.28. The molecule has 0 saturated carbocycles. The molecule has 3 heteroatoms. The Morgan fingerprint density at radius 2 is 2.27 bits per heavy atom. The molecule has 0 bridgehead atoms. The third kappa shape index (κ3) is 2.39. The molecule has 0 radical (unpaired) electrons. The largest absolute Gasteiger partial charge is 0.364 e. The van der Waals surface area contributed by atoms with Gasteiger partial charge in [-0.05, 0) is 36.4 Å². The predicted molar refractivity (Wildman–Crippen MR) is 61.2 cm³/mol. The van der Waals surface area contributed by atoms with Gasteiger partial charge in [0.25, 0.3) is 0 Å². The zero-order valence-electron chi connectivity index (χ0n) is 8.68. The number of aromatic amines is 1. The Hall–Kier alpha value is -1.74. The van der Waals surface area contributed by atoms with Gasteiger partial charge in [-0.25, -0.2) is 0 Å². The second kappa shape index (κ2) is 4.66. The Morgan fingerprint density at radius 3 is 3.00 bits per heavy atom. The maximum absolute atomic E-state index is 5.09. The molecule has 0 unspecified atom stereocenters. The van der Waals surface area contributed by atoms with E-state index in [9.17, 15) is 0 Å². The van der Waals surface area contributed by atoms with Gasteiger partial charge in [-0.15, -0.1) is 0 Å². The minimum Gasteiger partial charge on any atom is -0.364 e. The SMILES string of the molecule is COCn1cccc1/C=C/c1ccc[nH]1. The normalized spacial score (nSPS) is 11.3. The third-order valence-electron chi connectivity index (χ3n) is 2.19. The van der Waals surface area contributed by atoms with Crippen LogP contribution in [0, 0.1) is 0 Å². The van der Waals surface area contributed by atoms with Gasteiger partial charge < -0.3 is 14.3 Å². The molecule has 0 saturated heterocycles. The molecule has 0 aromatic carbocycles. The van der Waals surface area contributed by atoms with Crippen LogP contribution < -0.4 is 0 Å². The lowest BCUT2D eigenvalue weighted by atomic mass is 10.3. The van der Waals surface area contributed by atoms with Crippen molar-refractivity contribution >= 4 is 12.2 Å². The van der Waals surface area contributed by atoms with Crippen molar-refractivity contribution in [2.45, 2.75) is 6.73 Å². The molecular formula is C12H14N2O. The number of ether oxygens (including phenoxy) is 1. The number of H-pyrrole nitrogens is 1. The summed E-state index contributed by atoms with van der Waals surface area (Å²) in [4.78, 5) is 3.12. The molecule has 15 heavy (non-hydrogen) atoms. The van der Waals surface area contributed by atoms with Crippen LogP contribution in [-0.2, 0) is 11.5 Å². The highest BCUT2D eigenvalue weighted by Gasteiger charge is 1.95. The molecular weight excluding hydrogens is 188 g/mol. The van der Waals surface area contributed by atoms with Crippen LogP contribution in [0.3, 0.4) is 0 Å². The molecule has 3 nitrogen and oxygen atoms in total.